The Morgan fingerprint density at radius 1 is 0.882 bits per heavy atom. The van der Waals surface area contributed by atoms with E-state index < -0.39 is 0 Å². The van der Waals surface area contributed by atoms with E-state index in [1.54, 1.807) is 0 Å². The number of ether oxygens (including phenoxy) is 1. The van der Waals surface area contributed by atoms with Crippen molar-refractivity contribution in [2.45, 2.75) is 77.0 Å². The second-order valence-electron chi connectivity index (χ2n) is 6.30. The molecule has 5 unspecified atom stereocenters. The van der Waals surface area contributed by atoms with Crippen molar-refractivity contribution in [3.8, 4) is 0 Å². The van der Waals surface area contributed by atoms with Gasteiger partial charge in [0, 0.05) is 6.04 Å². The molecule has 2 rings (SSSR count). The van der Waals surface area contributed by atoms with Crippen LogP contribution in [0.3, 0.4) is 0 Å². The van der Waals surface area contributed by atoms with Crippen molar-refractivity contribution in [2.24, 2.45) is 11.8 Å². The molecule has 2 nitrogen and oxygen atoms in total. The zero-order chi connectivity index (χ0) is 12.3. The predicted molar refractivity (Wildman–Crippen MR) is 72.2 cm³/mol. The van der Waals surface area contributed by atoms with Crippen LogP contribution in [0.4, 0.5) is 0 Å². The Morgan fingerprint density at radius 2 is 1.65 bits per heavy atom. The average molecular weight is 239 g/mol. The molecule has 0 amide bonds. The first-order chi connectivity index (χ1) is 8.19. The van der Waals surface area contributed by atoms with E-state index >= 15 is 0 Å². The highest BCUT2D eigenvalue weighted by atomic mass is 16.5. The summed E-state index contributed by atoms with van der Waals surface area (Å²) in [6, 6.07) is 0.689. The summed E-state index contributed by atoms with van der Waals surface area (Å²) in [6.45, 7) is 4.77. The van der Waals surface area contributed by atoms with Crippen LogP contribution in [-0.2, 0) is 4.74 Å². The van der Waals surface area contributed by atoms with Crippen LogP contribution in [0.25, 0.3) is 0 Å². The number of nitrogens with one attached hydrogen (secondary N) is 1. The monoisotopic (exact) mass is 239 g/mol. The molecule has 0 aliphatic heterocycles. The van der Waals surface area contributed by atoms with Gasteiger partial charge in [-0.15, -0.1) is 0 Å². The van der Waals surface area contributed by atoms with Gasteiger partial charge in [-0.2, -0.15) is 0 Å². The largest absolute Gasteiger partial charge is 0.375 e. The van der Waals surface area contributed by atoms with Gasteiger partial charge < -0.3 is 10.1 Å². The van der Waals surface area contributed by atoms with Crippen molar-refractivity contribution in [1.29, 1.82) is 0 Å². The fourth-order valence-electron chi connectivity index (χ4n) is 3.42. The Labute approximate surface area is 107 Å². The summed E-state index contributed by atoms with van der Waals surface area (Å²) in [4.78, 5) is 0. The third-order valence-corrected chi connectivity index (χ3v) is 4.97. The Hall–Kier alpha value is -0.0800. The molecule has 0 radical (unpaired) electrons. The lowest BCUT2D eigenvalue weighted by molar-refractivity contribution is -0.0641. The highest BCUT2D eigenvalue weighted by Gasteiger charge is 2.29. The Bertz CT molecular complexity index is 227. The quantitative estimate of drug-likeness (QED) is 0.815. The minimum absolute atomic E-state index is 0.520. The van der Waals surface area contributed by atoms with Crippen LogP contribution in [0.15, 0.2) is 0 Å². The van der Waals surface area contributed by atoms with Crippen LogP contribution in [0.5, 0.6) is 0 Å². The predicted octanol–water partition coefficient (Wildman–Crippen LogP) is 3.36. The highest BCUT2D eigenvalue weighted by molar-refractivity contribution is 4.81. The van der Waals surface area contributed by atoms with Crippen LogP contribution < -0.4 is 5.32 Å². The van der Waals surface area contributed by atoms with E-state index in [4.69, 9.17) is 4.74 Å². The fraction of sp³-hybridized carbons (Fsp3) is 1.00. The number of hydrogen-bond donors (Lipinski definition) is 1. The minimum atomic E-state index is 0.520. The van der Waals surface area contributed by atoms with Gasteiger partial charge >= 0.3 is 0 Å². The summed E-state index contributed by atoms with van der Waals surface area (Å²) in [7, 11) is 2.08. The molecule has 0 bridgehead atoms. The maximum Gasteiger partial charge on any atom is 0.0593 e. The summed E-state index contributed by atoms with van der Waals surface area (Å²) < 4.78 is 6.34. The van der Waals surface area contributed by atoms with Gasteiger partial charge in [0.05, 0.1) is 12.2 Å². The van der Waals surface area contributed by atoms with Crippen molar-refractivity contribution >= 4 is 0 Å². The van der Waals surface area contributed by atoms with Crippen molar-refractivity contribution in [3.05, 3.63) is 0 Å². The van der Waals surface area contributed by atoms with Crippen LogP contribution in [-0.4, -0.2) is 25.3 Å². The van der Waals surface area contributed by atoms with Gasteiger partial charge in [0.15, 0.2) is 0 Å². The second-order valence-corrected chi connectivity index (χ2v) is 6.30. The van der Waals surface area contributed by atoms with Crippen LogP contribution in [0.2, 0.25) is 0 Å². The molecule has 1 N–H and O–H groups in total. The van der Waals surface area contributed by atoms with Crippen molar-refractivity contribution in [3.63, 3.8) is 0 Å². The van der Waals surface area contributed by atoms with Crippen LogP contribution in [0, 0.1) is 11.8 Å². The molecule has 5 atom stereocenters. The van der Waals surface area contributed by atoms with Gasteiger partial charge in [0.2, 0.25) is 0 Å². The van der Waals surface area contributed by atoms with E-state index in [2.05, 4.69) is 26.2 Å². The molecule has 0 aromatic heterocycles. The molecular weight excluding hydrogens is 210 g/mol. The Balaban J connectivity index is 1.76. The molecule has 2 saturated carbocycles. The molecule has 0 aromatic carbocycles. The molecule has 0 aromatic rings. The van der Waals surface area contributed by atoms with E-state index in [0.717, 1.165) is 11.8 Å². The third kappa shape index (κ3) is 3.69. The summed E-state index contributed by atoms with van der Waals surface area (Å²) in [6.07, 6.45) is 10.1. The minimum Gasteiger partial charge on any atom is -0.375 e. The lowest BCUT2D eigenvalue weighted by Crippen LogP contribution is -2.38. The van der Waals surface area contributed by atoms with E-state index in [9.17, 15) is 0 Å². The third-order valence-electron chi connectivity index (χ3n) is 4.97. The summed E-state index contributed by atoms with van der Waals surface area (Å²) in [5.41, 5.74) is 0. The molecule has 0 heterocycles. The van der Waals surface area contributed by atoms with Gasteiger partial charge in [-0.05, 0) is 63.8 Å². The maximum atomic E-state index is 6.34. The molecular formula is C15H29NO. The first-order valence-corrected chi connectivity index (χ1v) is 7.51. The molecule has 100 valence electrons. The Morgan fingerprint density at radius 3 is 2.35 bits per heavy atom. The first-order valence-electron chi connectivity index (χ1n) is 7.51. The lowest BCUT2D eigenvalue weighted by atomic mass is 9.80. The summed E-state index contributed by atoms with van der Waals surface area (Å²) in [5.74, 6) is 1.74. The van der Waals surface area contributed by atoms with Crippen LogP contribution in [0.1, 0.15) is 58.8 Å². The molecule has 2 fully saturated rings. The van der Waals surface area contributed by atoms with E-state index in [1.165, 1.54) is 44.9 Å². The van der Waals surface area contributed by atoms with Gasteiger partial charge in [0.25, 0.3) is 0 Å². The topological polar surface area (TPSA) is 21.3 Å². The maximum absolute atomic E-state index is 6.34. The summed E-state index contributed by atoms with van der Waals surface area (Å²) in [5, 5.41) is 3.41. The van der Waals surface area contributed by atoms with Crippen molar-refractivity contribution in [2.75, 3.05) is 7.05 Å². The number of rotatable bonds is 3. The zero-order valence-corrected chi connectivity index (χ0v) is 11.7. The smallest absolute Gasteiger partial charge is 0.0593 e. The lowest BCUT2D eigenvalue weighted by Gasteiger charge is -2.36. The van der Waals surface area contributed by atoms with Crippen molar-refractivity contribution in [1.82, 2.24) is 5.32 Å². The molecule has 0 saturated heterocycles. The molecule has 0 spiro atoms. The zero-order valence-electron chi connectivity index (χ0n) is 11.7. The summed E-state index contributed by atoms with van der Waals surface area (Å²) >= 11 is 0. The normalized spacial score (nSPS) is 43.6. The van der Waals surface area contributed by atoms with Gasteiger partial charge in [-0.1, -0.05) is 13.8 Å². The van der Waals surface area contributed by atoms with Crippen LogP contribution >= 0.6 is 0 Å². The van der Waals surface area contributed by atoms with Gasteiger partial charge in [-0.25, -0.2) is 0 Å². The van der Waals surface area contributed by atoms with E-state index in [-0.39, 0.29) is 0 Å². The molecule has 2 heteroatoms. The average Bonchev–Trinajstić information content (AvgIpc) is 2.34. The molecule has 2 aliphatic rings. The molecule has 2 aliphatic carbocycles. The van der Waals surface area contributed by atoms with Crippen molar-refractivity contribution < 1.29 is 4.74 Å². The van der Waals surface area contributed by atoms with Gasteiger partial charge in [0.1, 0.15) is 0 Å². The fourth-order valence-corrected chi connectivity index (χ4v) is 3.42. The number of hydrogen-bond acceptors (Lipinski definition) is 2. The van der Waals surface area contributed by atoms with E-state index in [0.29, 0.717) is 18.2 Å². The standard InChI is InChI=1S/C15H29NO/c1-11-7-8-15(9-12(11)2)17-14-6-4-5-13(10-14)16-3/h11-16H,4-10H2,1-3H3. The highest BCUT2D eigenvalue weighted by Crippen LogP contribution is 2.33. The van der Waals surface area contributed by atoms with E-state index in [1.807, 2.05) is 0 Å². The molecule has 17 heavy (non-hydrogen) atoms. The second kappa shape index (κ2) is 6.19. The Kier molecular flexibility index (Phi) is 4.87. The first kappa shape index (κ1) is 13.4. The van der Waals surface area contributed by atoms with Gasteiger partial charge in [-0.3, -0.25) is 0 Å². The SMILES string of the molecule is CNC1CCCC(OC2CCC(C)C(C)C2)C1.